The van der Waals surface area contributed by atoms with Crippen molar-refractivity contribution in [1.82, 2.24) is 30.8 Å². The molecule has 3 aromatic heterocycles. The number of aromatic nitrogens is 4. The summed E-state index contributed by atoms with van der Waals surface area (Å²) < 4.78 is 5.27. The molecule has 0 aromatic carbocycles. The monoisotopic (exact) mass is 386 g/mol. The highest BCUT2D eigenvalue weighted by atomic mass is 32.1. The first-order valence-corrected chi connectivity index (χ1v) is 9.86. The van der Waals surface area contributed by atoms with Gasteiger partial charge in [0, 0.05) is 48.4 Å². The third kappa shape index (κ3) is 3.79. The summed E-state index contributed by atoms with van der Waals surface area (Å²) in [6, 6.07) is 0. The van der Waals surface area contributed by atoms with Crippen molar-refractivity contribution in [1.29, 1.82) is 0 Å². The molecule has 0 aliphatic carbocycles. The van der Waals surface area contributed by atoms with E-state index in [1.807, 2.05) is 19.2 Å². The Labute approximate surface area is 160 Å². The number of nitrogens with zero attached hydrogens (tertiary/aromatic N) is 4. The number of hydrogen-bond acceptors (Lipinski definition) is 7. The quantitative estimate of drug-likeness (QED) is 0.672. The third-order valence-corrected chi connectivity index (χ3v) is 5.98. The summed E-state index contributed by atoms with van der Waals surface area (Å²) in [7, 11) is 0. The number of amides is 1. The smallest absolute Gasteiger partial charge is 0.252 e. The summed E-state index contributed by atoms with van der Waals surface area (Å²) in [6.07, 6.45) is 3.22. The standard InChI is InChI=1S/C18H22N6O2S/c1-11-15(12(2)26-22-11)8-24-6-4-14-16(10-27-17(14)9-24)18(25)19-5-3-13-7-20-23-21-13/h7,10H,3-6,8-9H2,1-2H3,(H,19,25)(H,20,21,23). The fraction of sp³-hybridized carbons (Fsp3) is 0.444. The van der Waals surface area contributed by atoms with Gasteiger partial charge in [-0.2, -0.15) is 15.4 Å². The second kappa shape index (κ2) is 7.61. The lowest BCUT2D eigenvalue weighted by Gasteiger charge is -2.27. The molecular formula is C18H22N6O2S. The van der Waals surface area contributed by atoms with E-state index in [0.29, 0.717) is 13.0 Å². The topological polar surface area (TPSA) is 99.9 Å². The molecule has 3 aromatic rings. The molecule has 1 aliphatic heterocycles. The fourth-order valence-electron chi connectivity index (χ4n) is 3.40. The van der Waals surface area contributed by atoms with Crippen molar-refractivity contribution in [2.45, 2.75) is 39.8 Å². The maximum Gasteiger partial charge on any atom is 0.252 e. The minimum Gasteiger partial charge on any atom is -0.361 e. The highest BCUT2D eigenvalue weighted by molar-refractivity contribution is 7.10. The van der Waals surface area contributed by atoms with E-state index >= 15 is 0 Å². The van der Waals surface area contributed by atoms with Crippen LogP contribution in [-0.4, -0.2) is 44.5 Å². The van der Waals surface area contributed by atoms with Crippen molar-refractivity contribution in [3.63, 3.8) is 0 Å². The van der Waals surface area contributed by atoms with E-state index in [1.54, 1.807) is 17.5 Å². The highest BCUT2D eigenvalue weighted by Crippen LogP contribution is 2.30. The molecule has 27 heavy (non-hydrogen) atoms. The molecule has 0 atom stereocenters. The van der Waals surface area contributed by atoms with Gasteiger partial charge in [-0.05, 0) is 25.8 Å². The van der Waals surface area contributed by atoms with Crippen molar-refractivity contribution < 1.29 is 9.32 Å². The number of carbonyl (C=O) groups excluding carboxylic acids is 1. The number of aromatic amines is 1. The van der Waals surface area contributed by atoms with Gasteiger partial charge in [0.25, 0.3) is 5.91 Å². The van der Waals surface area contributed by atoms with Gasteiger partial charge in [0.05, 0.1) is 23.1 Å². The third-order valence-electron chi connectivity index (χ3n) is 4.97. The predicted octanol–water partition coefficient (Wildman–Crippen LogP) is 2.00. The Morgan fingerprint density at radius 3 is 3.07 bits per heavy atom. The average Bonchev–Trinajstić information content (AvgIpc) is 3.38. The molecule has 1 amide bonds. The number of aryl methyl sites for hydroxylation is 2. The molecule has 142 valence electrons. The van der Waals surface area contributed by atoms with Crippen LogP contribution in [0.15, 0.2) is 16.1 Å². The molecule has 0 saturated carbocycles. The number of H-pyrrole nitrogens is 1. The van der Waals surface area contributed by atoms with Gasteiger partial charge >= 0.3 is 0 Å². The molecule has 9 heteroatoms. The number of fused-ring (bicyclic) bond motifs is 1. The molecule has 0 spiro atoms. The summed E-state index contributed by atoms with van der Waals surface area (Å²) in [5.41, 5.74) is 4.97. The Bertz CT molecular complexity index is 910. The van der Waals surface area contributed by atoms with E-state index in [4.69, 9.17) is 4.52 Å². The zero-order valence-corrected chi connectivity index (χ0v) is 16.2. The Morgan fingerprint density at radius 1 is 1.44 bits per heavy atom. The summed E-state index contributed by atoms with van der Waals surface area (Å²) in [4.78, 5) is 16.2. The highest BCUT2D eigenvalue weighted by Gasteiger charge is 2.25. The molecular weight excluding hydrogens is 364 g/mol. The van der Waals surface area contributed by atoms with Crippen molar-refractivity contribution >= 4 is 17.2 Å². The van der Waals surface area contributed by atoms with Gasteiger partial charge in [0.1, 0.15) is 5.76 Å². The van der Waals surface area contributed by atoms with Crippen LogP contribution < -0.4 is 5.32 Å². The second-order valence-corrected chi connectivity index (χ2v) is 7.75. The molecule has 4 heterocycles. The minimum absolute atomic E-state index is 0.00447. The zero-order chi connectivity index (χ0) is 18.8. The Kier molecular flexibility index (Phi) is 5.04. The Hall–Kier alpha value is -2.52. The molecule has 0 saturated heterocycles. The fourth-order valence-corrected chi connectivity index (χ4v) is 4.52. The van der Waals surface area contributed by atoms with Crippen LogP contribution in [0.3, 0.4) is 0 Å². The first kappa shape index (κ1) is 17.9. The van der Waals surface area contributed by atoms with Gasteiger partial charge in [-0.15, -0.1) is 11.3 Å². The van der Waals surface area contributed by atoms with Crippen molar-refractivity contribution in [2.24, 2.45) is 0 Å². The van der Waals surface area contributed by atoms with Crippen molar-refractivity contribution in [2.75, 3.05) is 13.1 Å². The van der Waals surface area contributed by atoms with Crippen LogP contribution in [0.2, 0.25) is 0 Å². The van der Waals surface area contributed by atoms with Gasteiger partial charge in [0.15, 0.2) is 0 Å². The van der Waals surface area contributed by atoms with Gasteiger partial charge in [0.2, 0.25) is 0 Å². The van der Waals surface area contributed by atoms with Crippen LogP contribution in [0.4, 0.5) is 0 Å². The van der Waals surface area contributed by atoms with Crippen LogP contribution in [0.1, 0.15) is 43.5 Å². The molecule has 0 radical (unpaired) electrons. The van der Waals surface area contributed by atoms with Gasteiger partial charge < -0.3 is 9.84 Å². The maximum atomic E-state index is 12.6. The SMILES string of the molecule is Cc1noc(C)c1CN1CCc2c(C(=O)NCCc3cn[nH]n3)csc2C1. The van der Waals surface area contributed by atoms with Crippen LogP contribution in [0, 0.1) is 13.8 Å². The number of carbonyl (C=O) groups is 1. The Morgan fingerprint density at radius 2 is 2.33 bits per heavy atom. The number of rotatable bonds is 6. The molecule has 0 fully saturated rings. The summed E-state index contributed by atoms with van der Waals surface area (Å²) in [6.45, 7) is 7.10. The van der Waals surface area contributed by atoms with Crippen LogP contribution in [0.25, 0.3) is 0 Å². The molecule has 4 rings (SSSR count). The maximum absolute atomic E-state index is 12.6. The van der Waals surface area contributed by atoms with E-state index in [-0.39, 0.29) is 5.91 Å². The van der Waals surface area contributed by atoms with E-state index < -0.39 is 0 Å². The first-order valence-electron chi connectivity index (χ1n) is 8.98. The van der Waals surface area contributed by atoms with Crippen LogP contribution >= 0.6 is 11.3 Å². The van der Waals surface area contributed by atoms with E-state index in [1.165, 1.54) is 16.0 Å². The van der Waals surface area contributed by atoms with Gasteiger partial charge in [-0.3, -0.25) is 9.69 Å². The molecule has 2 N–H and O–H groups in total. The van der Waals surface area contributed by atoms with E-state index in [9.17, 15) is 4.79 Å². The molecule has 8 nitrogen and oxygen atoms in total. The molecule has 1 aliphatic rings. The second-order valence-electron chi connectivity index (χ2n) is 6.78. The number of hydrogen-bond donors (Lipinski definition) is 2. The van der Waals surface area contributed by atoms with E-state index in [2.05, 4.69) is 30.8 Å². The Balaban J connectivity index is 1.37. The lowest BCUT2D eigenvalue weighted by atomic mass is 10.0. The van der Waals surface area contributed by atoms with Crippen LogP contribution in [0.5, 0.6) is 0 Å². The summed E-state index contributed by atoms with van der Waals surface area (Å²) >= 11 is 1.67. The normalized spacial score (nSPS) is 14.3. The largest absolute Gasteiger partial charge is 0.361 e. The van der Waals surface area contributed by atoms with Crippen molar-refractivity contribution in [3.05, 3.63) is 50.3 Å². The predicted molar refractivity (Wildman–Crippen MR) is 101 cm³/mol. The van der Waals surface area contributed by atoms with E-state index in [0.717, 1.165) is 48.8 Å². The lowest BCUT2D eigenvalue weighted by Crippen LogP contribution is -2.31. The first-order chi connectivity index (χ1) is 13.1. The van der Waals surface area contributed by atoms with Crippen LogP contribution in [-0.2, 0) is 25.9 Å². The van der Waals surface area contributed by atoms with Gasteiger partial charge in [-0.1, -0.05) is 5.16 Å². The van der Waals surface area contributed by atoms with Gasteiger partial charge in [-0.25, -0.2) is 0 Å². The lowest BCUT2D eigenvalue weighted by molar-refractivity contribution is 0.0952. The zero-order valence-electron chi connectivity index (χ0n) is 15.4. The summed E-state index contributed by atoms with van der Waals surface area (Å²) in [5, 5.41) is 19.4. The summed E-state index contributed by atoms with van der Waals surface area (Å²) in [5.74, 6) is 0.881. The minimum atomic E-state index is -0.00447. The molecule has 0 bridgehead atoms. The number of thiophene rings is 1. The average molecular weight is 386 g/mol. The number of nitrogens with one attached hydrogen (secondary N) is 2. The molecule has 0 unspecified atom stereocenters. The van der Waals surface area contributed by atoms with Crippen molar-refractivity contribution in [3.8, 4) is 0 Å².